The normalized spacial score (nSPS) is 10.6. The topological polar surface area (TPSA) is 20.3 Å². The highest BCUT2D eigenvalue weighted by Crippen LogP contribution is 2.33. The largest absolute Gasteiger partial charge is 0.330 e. The lowest BCUT2D eigenvalue weighted by atomic mass is 9.98. The molecule has 0 heterocycles. The Balaban J connectivity index is 1.73. The van der Waals surface area contributed by atoms with E-state index in [-0.39, 0.29) is 5.91 Å². The summed E-state index contributed by atoms with van der Waals surface area (Å²) in [7, 11) is 0. The summed E-state index contributed by atoms with van der Waals surface area (Å²) in [5.74, 6) is -0.0469. The van der Waals surface area contributed by atoms with Gasteiger partial charge in [0.25, 0.3) is 5.91 Å². The molecule has 4 heteroatoms. The maximum absolute atomic E-state index is 13.8. The van der Waals surface area contributed by atoms with Crippen molar-refractivity contribution in [2.24, 2.45) is 0 Å². The second kappa shape index (κ2) is 9.82. The molecule has 0 bridgehead atoms. The van der Waals surface area contributed by atoms with Crippen LogP contribution in [0.25, 0.3) is 11.1 Å². The van der Waals surface area contributed by atoms with Gasteiger partial charge in [-0.2, -0.15) is 0 Å². The van der Waals surface area contributed by atoms with Crippen LogP contribution in [-0.2, 0) is 13.1 Å². The Kier molecular flexibility index (Phi) is 6.71. The standard InChI is InChI=1S/C27H21Cl2NO/c28-22-15-16-24(26(29)17-22)23-13-7-8-14-25(23)27(31)30(18-20-9-3-1-4-10-20)19-21-11-5-2-6-12-21/h1-17H,18-19H2. The Morgan fingerprint density at radius 3 is 1.77 bits per heavy atom. The van der Waals surface area contributed by atoms with Crippen LogP contribution in [0.3, 0.4) is 0 Å². The lowest BCUT2D eigenvalue weighted by Gasteiger charge is -2.24. The molecule has 0 aliphatic rings. The first kappa shape index (κ1) is 21.2. The van der Waals surface area contributed by atoms with E-state index in [0.717, 1.165) is 22.3 Å². The summed E-state index contributed by atoms with van der Waals surface area (Å²) >= 11 is 12.5. The third kappa shape index (κ3) is 5.16. The smallest absolute Gasteiger partial charge is 0.255 e. The number of hydrogen-bond donors (Lipinski definition) is 0. The van der Waals surface area contributed by atoms with Crippen LogP contribution >= 0.6 is 23.2 Å². The molecule has 4 aromatic carbocycles. The maximum Gasteiger partial charge on any atom is 0.255 e. The summed E-state index contributed by atoms with van der Waals surface area (Å²) in [6.45, 7) is 1.02. The molecule has 154 valence electrons. The highest BCUT2D eigenvalue weighted by molar-refractivity contribution is 6.36. The Labute approximate surface area is 192 Å². The average Bonchev–Trinajstić information content (AvgIpc) is 2.80. The van der Waals surface area contributed by atoms with Crippen molar-refractivity contribution in [3.8, 4) is 11.1 Å². The van der Waals surface area contributed by atoms with Crippen molar-refractivity contribution in [1.82, 2.24) is 4.90 Å². The van der Waals surface area contributed by atoms with E-state index < -0.39 is 0 Å². The SMILES string of the molecule is O=C(c1ccccc1-c1ccc(Cl)cc1Cl)N(Cc1ccccc1)Cc1ccccc1. The molecule has 0 spiro atoms. The number of hydrogen-bond acceptors (Lipinski definition) is 1. The van der Waals surface area contributed by atoms with Gasteiger partial charge in [-0.3, -0.25) is 4.79 Å². The highest BCUT2D eigenvalue weighted by atomic mass is 35.5. The molecule has 0 saturated carbocycles. The van der Waals surface area contributed by atoms with Gasteiger partial charge in [-0.25, -0.2) is 0 Å². The summed E-state index contributed by atoms with van der Waals surface area (Å²) in [6, 6.07) is 33.0. The number of rotatable bonds is 6. The second-order valence-electron chi connectivity index (χ2n) is 7.30. The molecule has 31 heavy (non-hydrogen) atoms. The summed E-state index contributed by atoms with van der Waals surface area (Å²) in [5, 5.41) is 1.08. The van der Waals surface area contributed by atoms with E-state index in [1.807, 2.05) is 95.9 Å². The molecule has 0 atom stereocenters. The van der Waals surface area contributed by atoms with Gasteiger partial charge in [0.1, 0.15) is 0 Å². The quantitative estimate of drug-likeness (QED) is 0.300. The third-order valence-corrected chi connectivity index (χ3v) is 5.65. The molecule has 0 fully saturated rings. The van der Waals surface area contributed by atoms with Gasteiger partial charge in [0.2, 0.25) is 0 Å². The molecule has 1 amide bonds. The molecule has 0 radical (unpaired) electrons. The van der Waals surface area contributed by atoms with E-state index in [0.29, 0.717) is 28.7 Å². The fourth-order valence-electron chi connectivity index (χ4n) is 3.59. The minimum atomic E-state index is -0.0469. The van der Waals surface area contributed by atoms with Gasteiger partial charge >= 0.3 is 0 Å². The molecular weight excluding hydrogens is 425 g/mol. The van der Waals surface area contributed by atoms with Gasteiger partial charge in [-0.15, -0.1) is 0 Å². The molecule has 0 aliphatic carbocycles. The fraction of sp³-hybridized carbons (Fsp3) is 0.0741. The van der Waals surface area contributed by atoms with E-state index in [4.69, 9.17) is 23.2 Å². The monoisotopic (exact) mass is 445 g/mol. The minimum absolute atomic E-state index is 0.0469. The predicted octanol–water partition coefficient (Wildman–Crippen LogP) is 7.50. The van der Waals surface area contributed by atoms with E-state index >= 15 is 0 Å². The average molecular weight is 446 g/mol. The molecule has 2 nitrogen and oxygen atoms in total. The van der Waals surface area contributed by atoms with Crippen molar-refractivity contribution in [3.63, 3.8) is 0 Å². The van der Waals surface area contributed by atoms with E-state index in [1.165, 1.54) is 0 Å². The van der Waals surface area contributed by atoms with Crippen molar-refractivity contribution in [1.29, 1.82) is 0 Å². The Morgan fingerprint density at radius 2 is 1.19 bits per heavy atom. The molecule has 0 aromatic heterocycles. The number of halogens is 2. The van der Waals surface area contributed by atoms with Crippen molar-refractivity contribution >= 4 is 29.1 Å². The molecule has 0 unspecified atom stereocenters. The van der Waals surface area contributed by atoms with Crippen molar-refractivity contribution in [2.75, 3.05) is 0 Å². The van der Waals surface area contributed by atoms with Gasteiger partial charge in [0.15, 0.2) is 0 Å². The van der Waals surface area contributed by atoms with Crippen molar-refractivity contribution in [3.05, 3.63) is 130 Å². The van der Waals surface area contributed by atoms with Gasteiger partial charge in [-0.05, 0) is 34.9 Å². The number of amides is 1. The zero-order chi connectivity index (χ0) is 21.6. The summed E-state index contributed by atoms with van der Waals surface area (Å²) in [5.41, 5.74) is 4.34. The van der Waals surface area contributed by atoms with E-state index in [2.05, 4.69) is 0 Å². The first-order valence-corrected chi connectivity index (χ1v) is 10.8. The second-order valence-corrected chi connectivity index (χ2v) is 8.15. The Bertz CT molecular complexity index is 1130. The van der Waals surface area contributed by atoms with Crippen LogP contribution < -0.4 is 0 Å². The van der Waals surface area contributed by atoms with Crippen LogP contribution in [0, 0.1) is 0 Å². The Morgan fingerprint density at radius 1 is 0.645 bits per heavy atom. The first-order valence-electron chi connectivity index (χ1n) is 10.0. The van der Waals surface area contributed by atoms with E-state index in [1.54, 1.807) is 12.1 Å². The summed E-state index contributed by atoms with van der Waals surface area (Å²) in [4.78, 5) is 15.7. The van der Waals surface area contributed by atoms with Gasteiger partial charge in [0.05, 0.1) is 0 Å². The molecule has 0 aliphatic heterocycles. The van der Waals surface area contributed by atoms with Gasteiger partial charge in [-0.1, -0.05) is 108 Å². The summed E-state index contributed by atoms with van der Waals surface area (Å²) < 4.78 is 0. The Hall–Kier alpha value is -3.07. The van der Waals surface area contributed by atoms with Crippen LogP contribution in [0.15, 0.2) is 103 Å². The molecular formula is C27H21Cl2NO. The lowest BCUT2D eigenvalue weighted by molar-refractivity contribution is 0.0731. The first-order chi connectivity index (χ1) is 15.1. The molecule has 4 rings (SSSR count). The predicted molar refractivity (Wildman–Crippen MR) is 128 cm³/mol. The molecule has 0 saturated heterocycles. The minimum Gasteiger partial charge on any atom is -0.330 e. The zero-order valence-electron chi connectivity index (χ0n) is 16.8. The maximum atomic E-state index is 13.8. The third-order valence-electron chi connectivity index (χ3n) is 5.10. The molecule has 0 N–H and O–H groups in total. The van der Waals surface area contributed by atoms with E-state index in [9.17, 15) is 4.79 Å². The van der Waals surface area contributed by atoms with Crippen LogP contribution in [0.4, 0.5) is 0 Å². The zero-order valence-corrected chi connectivity index (χ0v) is 18.4. The van der Waals surface area contributed by atoms with Gasteiger partial charge in [0, 0.05) is 34.3 Å². The fourth-order valence-corrected chi connectivity index (χ4v) is 4.10. The van der Waals surface area contributed by atoms with Crippen molar-refractivity contribution in [2.45, 2.75) is 13.1 Å². The summed E-state index contributed by atoms with van der Waals surface area (Å²) in [6.07, 6.45) is 0. The van der Waals surface area contributed by atoms with Crippen LogP contribution in [0.2, 0.25) is 10.0 Å². The van der Waals surface area contributed by atoms with Crippen LogP contribution in [0.1, 0.15) is 21.5 Å². The lowest BCUT2D eigenvalue weighted by Crippen LogP contribution is -2.30. The van der Waals surface area contributed by atoms with Gasteiger partial charge < -0.3 is 4.90 Å². The number of benzene rings is 4. The number of carbonyl (C=O) groups excluding carboxylic acids is 1. The number of carbonyl (C=O) groups is 1. The molecule has 4 aromatic rings. The number of nitrogens with zero attached hydrogens (tertiary/aromatic N) is 1. The van der Waals surface area contributed by atoms with Crippen LogP contribution in [-0.4, -0.2) is 10.8 Å². The van der Waals surface area contributed by atoms with Crippen molar-refractivity contribution < 1.29 is 4.79 Å². The van der Waals surface area contributed by atoms with Crippen LogP contribution in [0.5, 0.6) is 0 Å². The highest BCUT2D eigenvalue weighted by Gasteiger charge is 2.21.